The van der Waals surface area contributed by atoms with E-state index in [2.05, 4.69) is 28.2 Å². The fourth-order valence-electron chi connectivity index (χ4n) is 2.97. The predicted molar refractivity (Wildman–Crippen MR) is 92.3 cm³/mol. The van der Waals surface area contributed by atoms with E-state index in [4.69, 9.17) is 16.2 Å². The van der Waals surface area contributed by atoms with Gasteiger partial charge in [-0.2, -0.15) is 9.61 Å². The van der Waals surface area contributed by atoms with Crippen LogP contribution in [-0.2, 0) is 31.6 Å². The first-order valence-electron chi connectivity index (χ1n) is 8.30. The van der Waals surface area contributed by atoms with Gasteiger partial charge in [-0.05, 0) is 6.92 Å². The molecule has 2 aromatic rings. The molecule has 5 N–H and O–H groups in total. The Kier molecular flexibility index (Phi) is 6.67. The number of ether oxygens (including phenoxy) is 1. The lowest BCUT2D eigenvalue weighted by Crippen LogP contribution is -2.51. The molecular weight excluding hydrogens is 501 g/mol. The van der Waals surface area contributed by atoms with Crippen LogP contribution in [0.2, 0.25) is 0 Å². The van der Waals surface area contributed by atoms with Gasteiger partial charge in [0.05, 0.1) is 26.2 Å². The van der Waals surface area contributed by atoms with Gasteiger partial charge in [-0.25, -0.2) is 14.3 Å². The number of phosphoric acid groups is 3. The Morgan fingerprint density at radius 3 is 2.50 bits per heavy atom. The number of fused-ring (bicyclic) bond motifs is 1. The van der Waals surface area contributed by atoms with Crippen molar-refractivity contribution in [2.75, 3.05) is 12.3 Å². The SMILES string of the molecule is C[C@@]1(N)[C@H](O)[C@@H](COP(=O)([O-])OP(=O)([O-])OP(=O)([O-])[O-])O[C@H]1c1cnn2c(N)ncnc12. The minimum atomic E-state index is -6.13. The molecule has 1 saturated heterocycles. The standard InChI is InChI=1S/C11H19N6O12P3/c1-11(13)7(18)6(3-26-31(22,23)29-32(24,25)28-30(19,20)21)27-8(11)5-2-16-17-9(5)14-4-15-10(17)12/h2,4,6-8,18H,3,13H2,1H3,(H,22,23)(H,24,25)(H2,12,14,15)(H2,19,20,21)/p-4/t6-,7-,8+,11-/m1/s1. The minimum Gasteiger partial charge on any atom is -0.790 e. The number of hydrogen-bond donors (Lipinski definition) is 3. The van der Waals surface area contributed by atoms with Gasteiger partial charge in [-0.1, -0.05) is 0 Å². The number of aliphatic hydroxyl groups excluding tert-OH is 1. The molecule has 180 valence electrons. The summed E-state index contributed by atoms with van der Waals surface area (Å²) in [5.41, 5.74) is 10.8. The third kappa shape index (κ3) is 5.40. The smallest absolute Gasteiger partial charge is 0.278 e. The number of rotatable bonds is 8. The molecule has 0 saturated carbocycles. The average Bonchev–Trinajstić information content (AvgIpc) is 3.11. The van der Waals surface area contributed by atoms with Crippen LogP contribution in [0.1, 0.15) is 18.6 Å². The van der Waals surface area contributed by atoms with Crippen LogP contribution < -0.4 is 31.0 Å². The number of anilines is 1. The molecule has 0 aliphatic carbocycles. The van der Waals surface area contributed by atoms with Crippen molar-refractivity contribution in [3.05, 3.63) is 18.1 Å². The van der Waals surface area contributed by atoms with Crippen molar-refractivity contribution in [3.63, 3.8) is 0 Å². The lowest BCUT2D eigenvalue weighted by molar-refractivity contribution is -0.339. The van der Waals surface area contributed by atoms with E-state index in [1.165, 1.54) is 17.6 Å². The molecule has 6 atom stereocenters. The maximum Gasteiger partial charge on any atom is 0.278 e. The van der Waals surface area contributed by atoms with Crippen LogP contribution in [0.15, 0.2) is 12.5 Å². The number of nitrogens with zero attached hydrogens (tertiary/aromatic N) is 4. The fraction of sp³-hybridized carbons (Fsp3) is 0.545. The topological polar surface area (TPSA) is 296 Å². The highest BCUT2D eigenvalue weighted by Gasteiger charge is 2.52. The number of nitrogens with two attached hydrogens (primary N) is 2. The lowest BCUT2D eigenvalue weighted by atomic mass is 9.87. The van der Waals surface area contributed by atoms with Crippen LogP contribution in [0.3, 0.4) is 0 Å². The van der Waals surface area contributed by atoms with Gasteiger partial charge in [0.1, 0.15) is 24.6 Å². The number of aliphatic hydroxyl groups is 1. The largest absolute Gasteiger partial charge is 0.790 e. The van der Waals surface area contributed by atoms with Crippen LogP contribution in [-0.4, -0.2) is 49.0 Å². The van der Waals surface area contributed by atoms with Crippen molar-refractivity contribution in [3.8, 4) is 0 Å². The monoisotopic (exact) mass is 516 g/mol. The van der Waals surface area contributed by atoms with Crippen LogP contribution in [0.4, 0.5) is 5.95 Å². The zero-order valence-electron chi connectivity index (χ0n) is 15.8. The molecule has 1 aliphatic rings. The van der Waals surface area contributed by atoms with Crippen LogP contribution in [0, 0.1) is 0 Å². The number of nitrogen functional groups attached to an aromatic ring is 1. The second-order valence-corrected chi connectivity index (χ2v) is 11.0. The molecule has 18 nitrogen and oxygen atoms in total. The van der Waals surface area contributed by atoms with Gasteiger partial charge in [0.25, 0.3) is 15.6 Å². The summed E-state index contributed by atoms with van der Waals surface area (Å²) in [7, 11) is -18.0. The van der Waals surface area contributed by atoms with E-state index in [1.807, 2.05) is 0 Å². The molecule has 0 aromatic carbocycles. The van der Waals surface area contributed by atoms with Crippen molar-refractivity contribution in [1.29, 1.82) is 0 Å². The Morgan fingerprint density at radius 2 is 1.88 bits per heavy atom. The normalized spacial score (nSPS) is 30.3. The van der Waals surface area contributed by atoms with Crippen LogP contribution in [0.25, 0.3) is 5.65 Å². The maximum atomic E-state index is 11.7. The summed E-state index contributed by atoms with van der Waals surface area (Å²) in [6, 6.07) is 0. The first kappa shape index (κ1) is 25.3. The molecule has 1 fully saturated rings. The number of hydrogen-bond acceptors (Lipinski definition) is 17. The van der Waals surface area contributed by atoms with E-state index in [9.17, 15) is 38.4 Å². The van der Waals surface area contributed by atoms with Gasteiger partial charge in [0.15, 0.2) is 5.65 Å². The second kappa shape index (κ2) is 8.45. The van der Waals surface area contributed by atoms with Gasteiger partial charge >= 0.3 is 0 Å². The second-order valence-electron chi connectivity index (χ2n) is 6.73. The third-order valence-corrected chi connectivity index (χ3v) is 7.97. The first-order chi connectivity index (χ1) is 14.5. The summed E-state index contributed by atoms with van der Waals surface area (Å²) in [5, 5.41) is 14.5. The molecule has 0 amide bonds. The molecule has 0 spiro atoms. The van der Waals surface area contributed by atoms with Crippen molar-refractivity contribution in [2.45, 2.75) is 30.8 Å². The summed E-state index contributed by atoms with van der Waals surface area (Å²) in [6.45, 7) is 0.372. The molecule has 2 unspecified atom stereocenters. The molecule has 2 aromatic heterocycles. The minimum absolute atomic E-state index is 0.00665. The zero-order valence-corrected chi connectivity index (χ0v) is 18.5. The molecule has 1 aliphatic heterocycles. The van der Waals surface area contributed by atoms with Crippen molar-refractivity contribution in [1.82, 2.24) is 19.6 Å². The lowest BCUT2D eigenvalue weighted by Gasteiger charge is -2.37. The quantitative estimate of drug-likeness (QED) is 0.282. The Morgan fingerprint density at radius 1 is 1.22 bits per heavy atom. The number of aromatic nitrogens is 4. The van der Waals surface area contributed by atoms with E-state index in [1.54, 1.807) is 0 Å². The molecule has 32 heavy (non-hydrogen) atoms. The Labute approximate surface area is 178 Å². The fourth-order valence-corrected chi connectivity index (χ4v) is 5.84. The molecule has 21 heteroatoms. The highest BCUT2D eigenvalue weighted by atomic mass is 31.3. The Balaban J connectivity index is 1.74. The van der Waals surface area contributed by atoms with Gasteiger partial charge in [-0.15, -0.1) is 0 Å². The Hall–Kier alpha value is -1.36. The van der Waals surface area contributed by atoms with Crippen LogP contribution >= 0.6 is 23.5 Å². The average molecular weight is 516 g/mol. The highest BCUT2D eigenvalue weighted by molar-refractivity contribution is 7.64. The molecule has 3 heterocycles. The van der Waals surface area contributed by atoms with E-state index >= 15 is 0 Å². The molecule has 0 bridgehead atoms. The van der Waals surface area contributed by atoms with E-state index in [-0.39, 0.29) is 17.2 Å². The van der Waals surface area contributed by atoms with Crippen molar-refractivity contribution in [2.24, 2.45) is 5.73 Å². The van der Waals surface area contributed by atoms with E-state index in [0.29, 0.717) is 0 Å². The predicted octanol–water partition coefficient (Wildman–Crippen LogP) is -3.96. The summed E-state index contributed by atoms with van der Waals surface area (Å²) >= 11 is 0. The van der Waals surface area contributed by atoms with Crippen LogP contribution in [0.5, 0.6) is 0 Å². The molecule has 3 rings (SSSR count). The maximum absolute atomic E-state index is 11.7. The van der Waals surface area contributed by atoms with Gasteiger partial charge in [0.2, 0.25) is 5.95 Å². The van der Waals surface area contributed by atoms with Gasteiger partial charge in [-0.3, -0.25) is 13.4 Å². The first-order valence-corrected chi connectivity index (χ1v) is 12.7. The summed E-state index contributed by atoms with van der Waals surface area (Å²) in [4.78, 5) is 51.4. The van der Waals surface area contributed by atoms with Gasteiger partial charge in [0, 0.05) is 5.56 Å². The van der Waals surface area contributed by atoms with Crippen molar-refractivity contribution < 1.29 is 56.3 Å². The number of phosphoric ester groups is 1. The zero-order chi connectivity index (χ0) is 24.1. The Bertz CT molecular complexity index is 1150. The third-order valence-electron chi connectivity index (χ3n) is 4.30. The summed E-state index contributed by atoms with van der Waals surface area (Å²) < 4.78 is 50.9. The molecular formula is C11H15N6O12P3-4. The van der Waals surface area contributed by atoms with E-state index < -0.39 is 53.9 Å². The summed E-state index contributed by atoms with van der Waals surface area (Å²) in [6.07, 6.45) is -1.66. The van der Waals surface area contributed by atoms with Crippen molar-refractivity contribution >= 4 is 35.1 Å². The highest BCUT2D eigenvalue weighted by Crippen LogP contribution is 2.60. The molecule has 0 radical (unpaired) electrons. The van der Waals surface area contributed by atoms with Gasteiger partial charge < -0.3 is 50.0 Å². The van der Waals surface area contributed by atoms with E-state index in [0.717, 1.165) is 6.33 Å². The summed E-state index contributed by atoms with van der Waals surface area (Å²) in [5.74, 6) is -0.00665.